The Labute approximate surface area is 164 Å². The molecule has 0 saturated heterocycles. The molecule has 0 aliphatic heterocycles. The quantitative estimate of drug-likeness (QED) is 0.520. The van der Waals surface area contributed by atoms with E-state index in [-0.39, 0.29) is 6.42 Å². The standard InChI is InChI=1S/C21H15Br2NO/c22-19-9-3-16(4-10-19)15-1-5-17(6-2-15)21(25,13-14-24)18-7-11-20(23)12-8-18/h1-12,25H,13H2. The zero-order chi connectivity index (χ0) is 17.9. The molecule has 1 N–H and O–H groups in total. The Hall–Kier alpha value is -1.93. The molecule has 0 saturated carbocycles. The maximum Gasteiger partial charge on any atom is 0.128 e. The zero-order valence-corrected chi connectivity index (χ0v) is 16.5. The second kappa shape index (κ2) is 7.53. The Morgan fingerprint density at radius 3 is 1.52 bits per heavy atom. The summed E-state index contributed by atoms with van der Waals surface area (Å²) in [6, 6.07) is 25.3. The molecule has 0 aliphatic carbocycles. The Morgan fingerprint density at radius 2 is 1.08 bits per heavy atom. The molecular weight excluding hydrogens is 442 g/mol. The number of nitriles is 1. The smallest absolute Gasteiger partial charge is 0.128 e. The van der Waals surface area contributed by atoms with Crippen LogP contribution in [-0.4, -0.2) is 5.11 Å². The zero-order valence-electron chi connectivity index (χ0n) is 13.3. The number of rotatable bonds is 4. The van der Waals surface area contributed by atoms with E-state index in [1.165, 1.54) is 0 Å². The molecule has 3 rings (SSSR count). The molecule has 0 heterocycles. The Kier molecular flexibility index (Phi) is 5.39. The van der Waals surface area contributed by atoms with Crippen LogP contribution in [0.2, 0.25) is 0 Å². The van der Waals surface area contributed by atoms with E-state index in [1.807, 2.05) is 72.8 Å². The molecule has 0 aliphatic rings. The van der Waals surface area contributed by atoms with E-state index in [0.29, 0.717) is 11.1 Å². The Morgan fingerprint density at radius 1 is 0.720 bits per heavy atom. The van der Waals surface area contributed by atoms with Gasteiger partial charge in [-0.2, -0.15) is 5.26 Å². The van der Waals surface area contributed by atoms with Crippen molar-refractivity contribution in [2.75, 3.05) is 0 Å². The van der Waals surface area contributed by atoms with Gasteiger partial charge < -0.3 is 5.11 Å². The highest BCUT2D eigenvalue weighted by molar-refractivity contribution is 9.10. The first kappa shape index (κ1) is 17.9. The predicted molar refractivity (Wildman–Crippen MR) is 107 cm³/mol. The predicted octanol–water partition coefficient (Wildman–Crippen LogP) is 6.03. The molecule has 4 heteroatoms. The van der Waals surface area contributed by atoms with Gasteiger partial charge in [0, 0.05) is 8.95 Å². The number of benzene rings is 3. The second-order valence-electron chi connectivity index (χ2n) is 5.79. The fourth-order valence-corrected chi connectivity index (χ4v) is 3.32. The van der Waals surface area contributed by atoms with E-state index < -0.39 is 5.60 Å². The first-order chi connectivity index (χ1) is 12.0. The lowest BCUT2D eigenvalue weighted by Gasteiger charge is -2.27. The second-order valence-corrected chi connectivity index (χ2v) is 7.62. The number of hydrogen-bond donors (Lipinski definition) is 1. The monoisotopic (exact) mass is 455 g/mol. The van der Waals surface area contributed by atoms with Gasteiger partial charge in [-0.15, -0.1) is 0 Å². The van der Waals surface area contributed by atoms with Gasteiger partial charge in [-0.25, -0.2) is 0 Å². The summed E-state index contributed by atoms with van der Waals surface area (Å²) >= 11 is 6.83. The van der Waals surface area contributed by atoms with Crippen LogP contribution >= 0.6 is 31.9 Å². The van der Waals surface area contributed by atoms with Gasteiger partial charge in [0.1, 0.15) is 5.60 Å². The van der Waals surface area contributed by atoms with E-state index in [1.54, 1.807) is 0 Å². The fraction of sp³-hybridized carbons (Fsp3) is 0.0952. The van der Waals surface area contributed by atoms with Crippen LogP contribution in [0.1, 0.15) is 17.5 Å². The SMILES string of the molecule is N#CCC(O)(c1ccc(Br)cc1)c1ccc(-c2ccc(Br)cc2)cc1. The molecule has 0 aromatic heterocycles. The lowest BCUT2D eigenvalue weighted by Crippen LogP contribution is -2.26. The molecule has 0 bridgehead atoms. The maximum atomic E-state index is 11.2. The van der Waals surface area contributed by atoms with Crippen molar-refractivity contribution in [2.24, 2.45) is 0 Å². The average molecular weight is 457 g/mol. The van der Waals surface area contributed by atoms with E-state index in [9.17, 15) is 10.4 Å². The molecule has 0 fully saturated rings. The number of nitrogens with zero attached hydrogens (tertiary/aromatic N) is 1. The van der Waals surface area contributed by atoms with Gasteiger partial charge in [-0.05, 0) is 46.5 Å². The third-order valence-electron chi connectivity index (χ3n) is 4.20. The van der Waals surface area contributed by atoms with Gasteiger partial charge in [0.25, 0.3) is 0 Å². The molecule has 3 aromatic carbocycles. The Bertz CT molecular complexity index is 897. The molecule has 1 unspecified atom stereocenters. The minimum Gasteiger partial charge on any atom is -0.379 e. The highest BCUT2D eigenvalue weighted by Crippen LogP contribution is 2.34. The lowest BCUT2D eigenvalue weighted by atomic mass is 9.83. The summed E-state index contributed by atoms with van der Waals surface area (Å²) in [6.07, 6.45) is -0.00768. The molecule has 124 valence electrons. The van der Waals surface area contributed by atoms with Crippen LogP contribution in [0.25, 0.3) is 11.1 Å². The maximum absolute atomic E-state index is 11.2. The molecule has 0 radical (unpaired) electrons. The summed E-state index contributed by atoms with van der Waals surface area (Å²) in [6.45, 7) is 0. The minimum atomic E-state index is -1.33. The van der Waals surface area contributed by atoms with Crippen LogP contribution in [0, 0.1) is 11.3 Å². The first-order valence-electron chi connectivity index (χ1n) is 7.75. The van der Waals surface area contributed by atoms with Crippen molar-refractivity contribution in [3.63, 3.8) is 0 Å². The molecule has 0 spiro atoms. The van der Waals surface area contributed by atoms with Crippen molar-refractivity contribution in [1.29, 1.82) is 5.26 Å². The minimum absolute atomic E-state index is 0.00768. The van der Waals surface area contributed by atoms with Gasteiger partial charge in [-0.3, -0.25) is 0 Å². The van der Waals surface area contributed by atoms with Crippen molar-refractivity contribution < 1.29 is 5.11 Å². The van der Waals surface area contributed by atoms with Gasteiger partial charge in [0.05, 0.1) is 12.5 Å². The topological polar surface area (TPSA) is 44.0 Å². The van der Waals surface area contributed by atoms with Crippen molar-refractivity contribution in [1.82, 2.24) is 0 Å². The van der Waals surface area contributed by atoms with E-state index in [4.69, 9.17) is 0 Å². The van der Waals surface area contributed by atoms with Gasteiger partial charge in [-0.1, -0.05) is 80.4 Å². The van der Waals surface area contributed by atoms with Crippen LogP contribution in [0.3, 0.4) is 0 Å². The lowest BCUT2D eigenvalue weighted by molar-refractivity contribution is 0.0860. The molecule has 25 heavy (non-hydrogen) atoms. The summed E-state index contributed by atoms with van der Waals surface area (Å²) in [5, 5.41) is 20.4. The molecule has 3 aromatic rings. The third kappa shape index (κ3) is 3.85. The van der Waals surface area contributed by atoms with Crippen molar-refractivity contribution in [2.45, 2.75) is 12.0 Å². The third-order valence-corrected chi connectivity index (χ3v) is 5.25. The molecule has 2 nitrogen and oxygen atoms in total. The molecule has 0 amide bonds. The van der Waals surface area contributed by atoms with Crippen LogP contribution < -0.4 is 0 Å². The average Bonchev–Trinajstić information content (AvgIpc) is 2.63. The van der Waals surface area contributed by atoms with E-state index in [0.717, 1.165) is 20.1 Å². The van der Waals surface area contributed by atoms with Crippen LogP contribution in [0.4, 0.5) is 0 Å². The summed E-state index contributed by atoms with van der Waals surface area (Å²) in [5.41, 5.74) is 2.24. The number of hydrogen-bond acceptors (Lipinski definition) is 2. The van der Waals surface area contributed by atoms with Gasteiger partial charge in [0.15, 0.2) is 0 Å². The highest BCUT2D eigenvalue weighted by atomic mass is 79.9. The summed E-state index contributed by atoms with van der Waals surface area (Å²) < 4.78 is 1.97. The highest BCUT2D eigenvalue weighted by Gasteiger charge is 2.31. The van der Waals surface area contributed by atoms with Crippen LogP contribution in [0.15, 0.2) is 81.7 Å². The summed E-state index contributed by atoms with van der Waals surface area (Å²) in [7, 11) is 0. The largest absolute Gasteiger partial charge is 0.379 e. The fourth-order valence-electron chi connectivity index (χ4n) is 2.79. The van der Waals surface area contributed by atoms with E-state index in [2.05, 4.69) is 37.9 Å². The van der Waals surface area contributed by atoms with Crippen LogP contribution in [-0.2, 0) is 5.60 Å². The van der Waals surface area contributed by atoms with Crippen molar-refractivity contribution in [3.05, 3.63) is 92.9 Å². The first-order valence-corrected chi connectivity index (χ1v) is 9.33. The van der Waals surface area contributed by atoms with Crippen LogP contribution in [0.5, 0.6) is 0 Å². The molecule has 1 atom stereocenters. The number of aliphatic hydroxyl groups is 1. The van der Waals surface area contributed by atoms with E-state index >= 15 is 0 Å². The Balaban J connectivity index is 1.98. The van der Waals surface area contributed by atoms with Gasteiger partial charge in [0.2, 0.25) is 0 Å². The summed E-state index contributed by atoms with van der Waals surface area (Å²) in [5.74, 6) is 0. The van der Waals surface area contributed by atoms with Crippen molar-refractivity contribution >= 4 is 31.9 Å². The molecular formula is C21H15Br2NO. The van der Waals surface area contributed by atoms with Gasteiger partial charge >= 0.3 is 0 Å². The number of halogens is 2. The van der Waals surface area contributed by atoms with Crippen molar-refractivity contribution in [3.8, 4) is 17.2 Å². The summed E-state index contributed by atoms with van der Waals surface area (Å²) in [4.78, 5) is 0. The normalized spacial score (nSPS) is 13.0.